The topological polar surface area (TPSA) is 83.8 Å². The lowest BCUT2D eigenvalue weighted by Crippen LogP contribution is -2.22. The minimum Gasteiger partial charge on any atom is -0.451 e. The Morgan fingerprint density at radius 1 is 1.39 bits per heavy atom. The van der Waals surface area contributed by atoms with Crippen molar-refractivity contribution in [1.29, 1.82) is 0 Å². The number of carbonyl (C=O) groups excluding carboxylic acids is 1. The zero-order valence-corrected chi connectivity index (χ0v) is 9.38. The van der Waals surface area contributed by atoms with Crippen molar-refractivity contribution in [2.45, 2.75) is 6.54 Å². The number of rotatable bonds is 3. The van der Waals surface area contributed by atoms with Gasteiger partial charge in [0, 0.05) is 5.56 Å². The highest BCUT2D eigenvalue weighted by atomic mass is 16.3. The van der Waals surface area contributed by atoms with E-state index in [2.05, 4.69) is 20.3 Å². The van der Waals surface area contributed by atoms with Crippen LogP contribution in [0.2, 0.25) is 0 Å². The number of benzene rings is 1. The first-order chi connectivity index (χ1) is 8.83. The van der Waals surface area contributed by atoms with Crippen molar-refractivity contribution in [1.82, 2.24) is 20.3 Å². The van der Waals surface area contributed by atoms with Crippen LogP contribution in [0.25, 0.3) is 11.0 Å². The predicted molar refractivity (Wildman–Crippen MR) is 63.8 cm³/mol. The third-order valence-corrected chi connectivity index (χ3v) is 2.60. The first-order valence-electron chi connectivity index (χ1n) is 5.41. The number of aromatic amines is 1. The molecule has 0 bridgehead atoms. The zero-order chi connectivity index (χ0) is 12.4. The number of fused-ring (bicyclic) bond motifs is 1. The van der Waals surface area contributed by atoms with Crippen LogP contribution in [0.3, 0.4) is 0 Å². The number of imidazole rings is 1. The molecule has 3 aromatic rings. The highest BCUT2D eigenvalue weighted by Gasteiger charge is 2.07. The number of H-pyrrole nitrogens is 1. The maximum atomic E-state index is 11.9. The molecule has 1 aromatic carbocycles. The Labute approximate surface area is 102 Å². The minimum atomic E-state index is -0.158. The second-order valence-electron chi connectivity index (χ2n) is 3.80. The van der Waals surface area contributed by atoms with E-state index in [1.54, 1.807) is 24.5 Å². The van der Waals surface area contributed by atoms with Crippen molar-refractivity contribution in [2.75, 3.05) is 0 Å². The number of carbonyl (C=O) groups is 1. The van der Waals surface area contributed by atoms with Crippen molar-refractivity contribution >= 4 is 16.9 Å². The van der Waals surface area contributed by atoms with Gasteiger partial charge < -0.3 is 14.7 Å². The Morgan fingerprint density at radius 3 is 3.17 bits per heavy atom. The monoisotopic (exact) mass is 242 g/mol. The number of hydrogen-bond acceptors (Lipinski definition) is 4. The summed E-state index contributed by atoms with van der Waals surface area (Å²) in [5, 5.41) is 2.76. The average molecular weight is 242 g/mol. The molecule has 0 atom stereocenters. The summed E-state index contributed by atoms with van der Waals surface area (Å²) in [5.41, 5.74) is 2.94. The fraction of sp³-hybridized carbons (Fsp3) is 0.0833. The molecule has 90 valence electrons. The molecule has 0 aliphatic heterocycles. The molecule has 6 nitrogen and oxygen atoms in total. The molecule has 6 heteroatoms. The first-order valence-corrected chi connectivity index (χ1v) is 5.41. The molecule has 2 heterocycles. The molecule has 0 saturated carbocycles. The van der Waals surface area contributed by atoms with Crippen LogP contribution in [-0.2, 0) is 6.54 Å². The zero-order valence-electron chi connectivity index (χ0n) is 9.38. The van der Waals surface area contributed by atoms with Gasteiger partial charge in [-0.2, -0.15) is 0 Å². The van der Waals surface area contributed by atoms with E-state index < -0.39 is 0 Å². The fourth-order valence-electron chi connectivity index (χ4n) is 1.67. The van der Waals surface area contributed by atoms with Gasteiger partial charge in [0.2, 0.25) is 0 Å². The first kappa shape index (κ1) is 10.5. The van der Waals surface area contributed by atoms with E-state index in [1.165, 1.54) is 12.7 Å². The van der Waals surface area contributed by atoms with Crippen molar-refractivity contribution in [2.24, 2.45) is 0 Å². The van der Waals surface area contributed by atoms with E-state index in [1.807, 2.05) is 0 Å². The molecule has 3 rings (SSSR count). The summed E-state index contributed by atoms with van der Waals surface area (Å²) in [6.07, 6.45) is 4.43. The van der Waals surface area contributed by atoms with Gasteiger partial charge in [-0.15, -0.1) is 0 Å². The van der Waals surface area contributed by atoms with Gasteiger partial charge in [0.1, 0.15) is 6.26 Å². The summed E-state index contributed by atoms with van der Waals surface area (Å²) in [4.78, 5) is 22.9. The summed E-state index contributed by atoms with van der Waals surface area (Å²) in [6.45, 7) is 0.344. The molecule has 2 N–H and O–H groups in total. The summed E-state index contributed by atoms with van der Waals surface area (Å²) >= 11 is 0. The SMILES string of the molecule is O=C(NCc1cocn1)c1ccc2nc[nH]c2c1. The smallest absolute Gasteiger partial charge is 0.251 e. The molecule has 18 heavy (non-hydrogen) atoms. The highest BCUT2D eigenvalue weighted by molar-refractivity contribution is 5.97. The average Bonchev–Trinajstić information content (AvgIpc) is 3.05. The fourth-order valence-corrected chi connectivity index (χ4v) is 1.67. The number of amides is 1. The minimum absolute atomic E-state index is 0.158. The van der Waals surface area contributed by atoms with Gasteiger partial charge in [-0.3, -0.25) is 4.79 Å². The third-order valence-electron chi connectivity index (χ3n) is 2.60. The number of oxazole rings is 1. The molecule has 0 unspecified atom stereocenters. The Morgan fingerprint density at radius 2 is 2.33 bits per heavy atom. The Bertz CT molecular complexity index is 672. The van der Waals surface area contributed by atoms with E-state index in [0.29, 0.717) is 17.8 Å². The van der Waals surface area contributed by atoms with Crippen molar-refractivity contribution in [3.63, 3.8) is 0 Å². The molecule has 0 spiro atoms. The summed E-state index contributed by atoms with van der Waals surface area (Å²) in [5.74, 6) is -0.158. The molecule has 1 amide bonds. The normalized spacial score (nSPS) is 10.7. The van der Waals surface area contributed by atoms with Gasteiger partial charge in [0.05, 0.1) is 29.6 Å². The Balaban J connectivity index is 1.75. The van der Waals surface area contributed by atoms with Crippen LogP contribution in [0.4, 0.5) is 0 Å². The standard InChI is InChI=1S/C12H10N4O2/c17-12(13-4-9-5-18-7-16-9)8-1-2-10-11(3-8)15-6-14-10/h1-3,5-7H,4H2,(H,13,17)(H,14,15). The van der Waals surface area contributed by atoms with Crippen LogP contribution in [0.15, 0.2) is 41.6 Å². The van der Waals surface area contributed by atoms with Gasteiger partial charge in [-0.25, -0.2) is 9.97 Å². The van der Waals surface area contributed by atoms with Crippen molar-refractivity contribution < 1.29 is 9.21 Å². The highest BCUT2D eigenvalue weighted by Crippen LogP contribution is 2.11. The molecule has 0 saturated heterocycles. The number of aromatic nitrogens is 3. The van der Waals surface area contributed by atoms with Crippen molar-refractivity contribution in [3.8, 4) is 0 Å². The van der Waals surface area contributed by atoms with E-state index in [4.69, 9.17) is 4.42 Å². The van der Waals surface area contributed by atoms with E-state index in [9.17, 15) is 4.79 Å². The van der Waals surface area contributed by atoms with E-state index in [0.717, 1.165) is 11.0 Å². The maximum absolute atomic E-state index is 11.9. The summed E-state index contributed by atoms with van der Waals surface area (Å²) in [6, 6.07) is 5.30. The van der Waals surface area contributed by atoms with Crippen LogP contribution in [0, 0.1) is 0 Å². The molecule has 0 radical (unpaired) electrons. The number of hydrogen-bond donors (Lipinski definition) is 2. The molecule has 0 aliphatic rings. The van der Waals surface area contributed by atoms with Gasteiger partial charge in [-0.1, -0.05) is 0 Å². The van der Waals surface area contributed by atoms with Crippen molar-refractivity contribution in [3.05, 3.63) is 48.4 Å². The molecule has 0 fully saturated rings. The van der Waals surface area contributed by atoms with Gasteiger partial charge in [0.25, 0.3) is 5.91 Å². The van der Waals surface area contributed by atoms with Gasteiger partial charge >= 0.3 is 0 Å². The van der Waals surface area contributed by atoms with Gasteiger partial charge in [0.15, 0.2) is 6.39 Å². The predicted octanol–water partition coefficient (Wildman–Crippen LogP) is 1.48. The molecular weight excluding hydrogens is 232 g/mol. The lowest BCUT2D eigenvalue weighted by atomic mass is 10.2. The van der Waals surface area contributed by atoms with Gasteiger partial charge in [-0.05, 0) is 18.2 Å². The lowest BCUT2D eigenvalue weighted by Gasteiger charge is -2.02. The summed E-state index contributed by atoms with van der Waals surface area (Å²) in [7, 11) is 0. The quantitative estimate of drug-likeness (QED) is 0.728. The molecule has 0 aliphatic carbocycles. The van der Waals surface area contributed by atoms with E-state index in [-0.39, 0.29) is 5.91 Å². The van der Waals surface area contributed by atoms with Crippen LogP contribution in [-0.4, -0.2) is 20.9 Å². The summed E-state index contributed by atoms with van der Waals surface area (Å²) < 4.78 is 4.82. The van der Waals surface area contributed by atoms with Crippen LogP contribution in [0.5, 0.6) is 0 Å². The molecule has 2 aromatic heterocycles. The molecular formula is C12H10N4O2. The second-order valence-corrected chi connectivity index (χ2v) is 3.80. The number of nitrogens with zero attached hydrogens (tertiary/aromatic N) is 2. The van der Waals surface area contributed by atoms with E-state index >= 15 is 0 Å². The number of nitrogens with one attached hydrogen (secondary N) is 2. The third kappa shape index (κ3) is 1.95. The Hall–Kier alpha value is -2.63. The lowest BCUT2D eigenvalue weighted by molar-refractivity contribution is 0.0950. The second kappa shape index (κ2) is 4.33. The van der Waals surface area contributed by atoms with Crippen LogP contribution in [0.1, 0.15) is 16.1 Å². The largest absolute Gasteiger partial charge is 0.451 e. The maximum Gasteiger partial charge on any atom is 0.251 e. The van der Waals surface area contributed by atoms with Crippen LogP contribution >= 0.6 is 0 Å². The van der Waals surface area contributed by atoms with Crippen LogP contribution < -0.4 is 5.32 Å². The Kier molecular flexibility index (Phi) is 2.53.